The summed E-state index contributed by atoms with van der Waals surface area (Å²) in [7, 11) is 0.783. The molecule has 1 atom stereocenters. The lowest BCUT2D eigenvalue weighted by molar-refractivity contribution is 0.0693. The molecule has 1 unspecified atom stereocenters. The number of nitrogens with one attached hydrogen (secondary N) is 1. The van der Waals surface area contributed by atoms with Gasteiger partial charge in [0.1, 0.15) is 0 Å². The highest BCUT2D eigenvalue weighted by Gasteiger charge is 2.22. The van der Waals surface area contributed by atoms with Crippen molar-refractivity contribution in [1.82, 2.24) is 5.32 Å². The number of hydrogen-bond acceptors (Lipinski definition) is 4. The summed E-state index contributed by atoms with van der Waals surface area (Å²) in [5.41, 5.74) is -0.738. The van der Waals surface area contributed by atoms with Crippen LogP contribution in [0.2, 0.25) is 0 Å². The van der Waals surface area contributed by atoms with E-state index in [1.54, 1.807) is 13.8 Å². The van der Waals surface area contributed by atoms with Crippen LogP contribution in [0.15, 0.2) is 17.0 Å². The first-order chi connectivity index (χ1) is 9.66. The van der Waals surface area contributed by atoms with E-state index in [1.807, 2.05) is 0 Å². The highest BCUT2D eigenvalue weighted by molar-refractivity contribution is 8.13. The standard InChI is InChI=1S/C12H14ClF2NO4S/c1-3-20-7(2)6-16-12(17)9-4-8(21(13,18)19)5-10(14)11(9)15/h4-5,7H,3,6H2,1-2H3,(H,16,17). The SMILES string of the molecule is CCOC(C)CNC(=O)c1cc(S(=O)(=O)Cl)cc(F)c1F. The molecule has 0 aliphatic heterocycles. The second-order valence-electron chi connectivity index (χ2n) is 4.18. The van der Waals surface area contributed by atoms with E-state index in [2.05, 4.69) is 5.32 Å². The van der Waals surface area contributed by atoms with Crippen molar-refractivity contribution < 1.29 is 26.7 Å². The Labute approximate surface area is 125 Å². The number of carbonyl (C=O) groups excluding carboxylic acids is 1. The van der Waals surface area contributed by atoms with Crippen LogP contribution in [-0.4, -0.2) is 33.6 Å². The lowest BCUT2D eigenvalue weighted by Gasteiger charge is -2.13. The molecular weight excluding hydrogens is 328 g/mol. The van der Waals surface area contributed by atoms with Gasteiger partial charge < -0.3 is 10.1 Å². The number of amides is 1. The predicted molar refractivity (Wildman–Crippen MR) is 72.8 cm³/mol. The number of rotatable bonds is 6. The number of ether oxygens (including phenoxy) is 1. The van der Waals surface area contributed by atoms with Crippen molar-refractivity contribution >= 4 is 25.6 Å². The zero-order valence-corrected chi connectivity index (χ0v) is 12.9. The second kappa shape index (κ2) is 7.15. The zero-order chi connectivity index (χ0) is 16.2. The molecule has 0 aliphatic rings. The van der Waals surface area contributed by atoms with Crippen LogP contribution in [-0.2, 0) is 13.8 Å². The van der Waals surface area contributed by atoms with Crippen LogP contribution in [0, 0.1) is 11.6 Å². The van der Waals surface area contributed by atoms with E-state index < -0.39 is 37.1 Å². The molecule has 0 heterocycles. The Morgan fingerprint density at radius 1 is 1.43 bits per heavy atom. The summed E-state index contributed by atoms with van der Waals surface area (Å²) in [5.74, 6) is -3.87. The number of halogens is 3. The number of carbonyl (C=O) groups is 1. The van der Waals surface area contributed by atoms with E-state index in [0.717, 1.165) is 0 Å². The normalized spacial score (nSPS) is 13.0. The maximum atomic E-state index is 13.6. The quantitative estimate of drug-likeness (QED) is 0.804. The lowest BCUT2D eigenvalue weighted by Crippen LogP contribution is -2.32. The Bertz CT molecular complexity index is 636. The Kier molecular flexibility index (Phi) is 6.06. The Morgan fingerprint density at radius 2 is 2.05 bits per heavy atom. The highest BCUT2D eigenvalue weighted by Crippen LogP contribution is 2.21. The number of hydrogen-bond donors (Lipinski definition) is 1. The smallest absolute Gasteiger partial charge is 0.261 e. The second-order valence-corrected chi connectivity index (χ2v) is 6.75. The van der Waals surface area contributed by atoms with Crippen molar-refractivity contribution in [2.24, 2.45) is 0 Å². The molecule has 0 aromatic heterocycles. The first-order valence-corrected chi connectivity index (χ1v) is 8.31. The van der Waals surface area contributed by atoms with Gasteiger partial charge in [-0.3, -0.25) is 4.79 Å². The van der Waals surface area contributed by atoms with Crippen LogP contribution in [0.25, 0.3) is 0 Å². The maximum Gasteiger partial charge on any atom is 0.261 e. The molecule has 1 aromatic rings. The molecule has 118 valence electrons. The molecular formula is C12H14ClF2NO4S. The predicted octanol–water partition coefficient (Wildman–Crippen LogP) is 2.05. The minimum absolute atomic E-state index is 0.0611. The third kappa shape index (κ3) is 4.90. The summed E-state index contributed by atoms with van der Waals surface area (Å²) in [5, 5.41) is 2.32. The van der Waals surface area contributed by atoms with Crippen molar-refractivity contribution in [3.63, 3.8) is 0 Å². The highest BCUT2D eigenvalue weighted by atomic mass is 35.7. The fraction of sp³-hybridized carbons (Fsp3) is 0.417. The van der Waals surface area contributed by atoms with Crippen LogP contribution < -0.4 is 5.32 Å². The summed E-state index contributed by atoms with van der Waals surface area (Å²) >= 11 is 0. The molecule has 0 saturated heterocycles. The topological polar surface area (TPSA) is 72.5 Å². The van der Waals surface area contributed by atoms with Gasteiger partial charge in [0.25, 0.3) is 15.0 Å². The molecule has 0 radical (unpaired) electrons. The molecule has 0 spiro atoms. The van der Waals surface area contributed by atoms with Crippen molar-refractivity contribution in [1.29, 1.82) is 0 Å². The molecule has 9 heteroatoms. The van der Waals surface area contributed by atoms with Gasteiger partial charge in [0.05, 0.1) is 16.6 Å². The summed E-state index contributed by atoms with van der Waals surface area (Å²) < 4.78 is 54.4. The van der Waals surface area contributed by atoms with Crippen LogP contribution in [0.5, 0.6) is 0 Å². The van der Waals surface area contributed by atoms with Crippen molar-refractivity contribution in [3.05, 3.63) is 29.3 Å². The van der Waals surface area contributed by atoms with Crippen molar-refractivity contribution in [3.8, 4) is 0 Å². The Morgan fingerprint density at radius 3 is 2.57 bits per heavy atom. The van der Waals surface area contributed by atoms with Crippen LogP contribution in [0.1, 0.15) is 24.2 Å². The lowest BCUT2D eigenvalue weighted by atomic mass is 10.2. The molecule has 0 fully saturated rings. The molecule has 0 aliphatic carbocycles. The van der Waals surface area contributed by atoms with Gasteiger partial charge in [0.15, 0.2) is 11.6 Å². The minimum atomic E-state index is -4.28. The van der Waals surface area contributed by atoms with E-state index in [0.29, 0.717) is 18.7 Å². The Balaban J connectivity index is 3.01. The summed E-state index contributed by atoms with van der Waals surface area (Å²) in [6, 6.07) is 1.10. The van der Waals surface area contributed by atoms with E-state index in [-0.39, 0.29) is 12.6 Å². The van der Waals surface area contributed by atoms with Gasteiger partial charge in [0, 0.05) is 23.8 Å². The minimum Gasteiger partial charge on any atom is -0.377 e. The molecule has 5 nitrogen and oxygen atoms in total. The summed E-state index contributed by atoms with van der Waals surface area (Å²) in [6.07, 6.45) is -0.327. The van der Waals surface area contributed by atoms with Gasteiger partial charge >= 0.3 is 0 Å². The average molecular weight is 342 g/mol. The van der Waals surface area contributed by atoms with Crippen LogP contribution in [0.3, 0.4) is 0 Å². The van der Waals surface area contributed by atoms with E-state index in [9.17, 15) is 22.0 Å². The van der Waals surface area contributed by atoms with Crippen molar-refractivity contribution in [2.45, 2.75) is 24.8 Å². The largest absolute Gasteiger partial charge is 0.377 e. The van der Waals surface area contributed by atoms with Gasteiger partial charge in [-0.1, -0.05) is 0 Å². The van der Waals surface area contributed by atoms with Gasteiger partial charge in [-0.05, 0) is 26.0 Å². The Hall–Kier alpha value is -1.25. The van der Waals surface area contributed by atoms with Crippen LogP contribution in [0.4, 0.5) is 8.78 Å². The molecule has 0 bridgehead atoms. The van der Waals surface area contributed by atoms with E-state index in [1.165, 1.54) is 0 Å². The molecule has 0 saturated carbocycles. The van der Waals surface area contributed by atoms with Crippen molar-refractivity contribution in [2.75, 3.05) is 13.2 Å². The van der Waals surface area contributed by atoms with Gasteiger partial charge in [-0.25, -0.2) is 17.2 Å². The van der Waals surface area contributed by atoms with Gasteiger partial charge in [-0.2, -0.15) is 0 Å². The third-order valence-electron chi connectivity index (χ3n) is 2.53. The molecule has 1 N–H and O–H groups in total. The van der Waals surface area contributed by atoms with Gasteiger partial charge in [0.2, 0.25) is 0 Å². The third-order valence-corrected chi connectivity index (χ3v) is 3.86. The van der Waals surface area contributed by atoms with Crippen LogP contribution >= 0.6 is 10.7 Å². The number of benzene rings is 1. The first-order valence-electron chi connectivity index (χ1n) is 6.00. The summed E-state index contributed by atoms with van der Waals surface area (Å²) in [6.45, 7) is 3.94. The molecule has 1 rings (SSSR count). The van der Waals surface area contributed by atoms with E-state index >= 15 is 0 Å². The van der Waals surface area contributed by atoms with Gasteiger partial charge in [-0.15, -0.1) is 0 Å². The fourth-order valence-electron chi connectivity index (χ4n) is 1.55. The first kappa shape index (κ1) is 17.8. The molecule has 1 amide bonds. The summed E-state index contributed by atoms with van der Waals surface area (Å²) in [4.78, 5) is 11.1. The van der Waals surface area contributed by atoms with E-state index in [4.69, 9.17) is 15.4 Å². The molecule has 1 aromatic carbocycles. The average Bonchev–Trinajstić information content (AvgIpc) is 2.38. The fourth-order valence-corrected chi connectivity index (χ4v) is 2.32. The zero-order valence-electron chi connectivity index (χ0n) is 11.3. The maximum absolute atomic E-state index is 13.6. The monoisotopic (exact) mass is 341 g/mol. The molecule has 21 heavy (non-hydrogen) atoms.